The Labute approximate surface area is 202 Å². The van der Waals surface area contributed by atoms with Crippen LogP contribution in [0.2, 0.25) is 0 Å². The number of ether oxygens (including phenoxy) is 3. The average molecular weight is 485 g/mol. The molecule has 1 aromatic rings. The fourth-order valence-corrected chi connectivity index (χ4v) is 4.17. The summed E-state index contributed by atoms with van der Waals surface area (Å²) in [7, 11) is 2.27. The molecule has 0 bridgehead atoms. The van der Waals surface area contributed by atoms with Gasteiger partial charge in [-0.25, -0.2) is 9.59 Å². The molecule has 0 aromatic heterocycles. The number of benzene rings is 1. The number of fused-ring (bicyclic) bond motifs is 1. The number of hydrogen-bond acceptors (Lipinski definition) is 9. The quantitative estimate of drug-likeness (QED) is 0.468. The lowest BCUT2D eigenvalue weighted by molar-refractivity contribution is -0.153. The van der Waals surface area contributed by atoms with Gasteiger partial charge >= 0.3 is 17.9 Å². The van der Waals surface area contributed by atoms with E-state index < -0.39 is 47.8 Å². The molecule has 0 aliphatic carbocycles. The minimum atomic E-state index is -1.48. The highest BCUT2D eigenvalue weighted by atomic mass is 16.5. The summed E-state index contributed by atoms with van der Waals surface area (Å²) < 4.78 is 14.9. The highest BCUT2D eigenvalue weighted by molar-refractivity contribution is 6.14. The Balaban J connectivity index is 1.92. The lowest BCUT2D eigenvalue weighted by Crippen LogP contribution is -2.59. The van der Waals surface area contributed by atoms with E-state index in [9.17, 15) is 24.0 Å². The zero-order chi connectivity index (χ0) is 26.1. The van der Waals surface area contributed by atoms with E-state index in [-0.39, 0.29) is 22.5 Å². The van der Waals surface area contributed by atoms with Crippen molar-refractivity contribution in [1.29, 1.82) is 0 Å². The normalized spacial score (nSPS) is 17.2. The summed E-state index contributed by atoms with van der Waals surface area (Å²) in [5.41, 5.74) is -0.0903. The van der Waals surface area contributed by atoms with Crippen molar-refractivity contribution in [3.05, 3.63) is 46.8 Å². The highest BCUT2D eigenvalue weighted by Gasteiger charge is 2.45. The van der Waals surface area contributed by atoms with Crippen molar-refractivity contribution >= 4 is 41.1 Å². The topological polar surface area (TPSA) is 140 Å². The van der Waals surface area contributed by atoms with Gasteiger partial charge in [0.15, 0.2) is 6.61 Å². The van der Waals surface area contributed by atoms with Gasteiger partial charge in [-0.05, 0) is 39.8 Å². The minimum Gasteiger partial charge on any atom is -0.466 e. The number of allylic oxidation sites excluding steroid dienone is 2. The van der Waals surface area contributed by atoms with Gasteiger partial charge in [-0.15, -0.1) is 0 Å². The van der Waals surface area contributed by atoms with Crippen molar-refractivity contribution < 1.29 is 38.2 Å². The fourth-order valence-electron chi connectivity index (χ4n) is 4.17. The molecule has 0 fully saturated rings. The van der Waals surface area contributed by atoms with Crippen LogP contribution in [-0.4, -0.2) is 56.1 Å². The van der Waals surface area contributed by atoms with E-state index in [1.165, 1.54) is 4.90 Å². The van der Waals surface area contributed by atoms with E-state index in [0.29, 0.717) is 11.4 Å². The smallest absolute Gasteiger partial charge is 0.336 e. The molecule has 0 saturated carbocycles. The maximum absolute atomic E-state index is 13.2. The monoisotopic (exact) mass is 485 g/mol. The number of hydrogen-bond donors (Lipinski definition) is 2. The van der Waals surface area contributed by atoms with Crippen LogP contribution in [0.15, 0.2) is 46.8 Å². The summed E-state index contributed by atoms with van der Waals surface area (Å²) in [5, 5.41) is 5.62. The van der Waals surface area contributed by atoms with Gasteiger partial charge in [0.2, 0.25) is 5.91 Å². The van der Waals surface area contributed by atoms with Gasteiger partial charge in [-0.3, -0.25) is 19.3 Å². The van der Waals surface area contributed by atoms with Crippen molar-refractivity contribution in [3.63, 3.8) is 0 Å². The first kappa shape index (κ1) is 25.5. The van der Waals surface area contributed by atoms with Gasteiger partial charge in [-0.1, -0.05) is 12.1 Å². The summed E-state index contributed by atoms with van der Waals surface area (Å²) in [4.78, 5) is 65.3. The molecule has 2 heterocycles. The molecule has 1 aromatic carbocycles. The SMILES string of the molecule is COC(=O)C1=C(C)NC(C)=C(C(=O)OC)C1C(=O)OCC(=O)N1c2ccccc2NC(=O)C1(C)C. The summed E-state index contributed by atoms with van der Waals surface area (Å²) in [5.74, 6) is -5.27. The van der Waals surface area contributed by atoms with Crippen LogP contribution in [0.4, 0.5) is 11.4 Å². The van der Waals surface area contributed by atoms with Crippen LogP contribution >= 0.6 is 0 Å². The first-order chi connectivity index (χ1) is 16.4. The lowest BCUT2D eigenvalue weighted by Gasteiger charge is -2.41. The molecule has 186 valence electrons. The van der Waals surface area contributed by atoms with Crippen LogP contribution in [-0.2, 0) is 38.2 Å². The second-order valence-electron chi connectivity index (χ2n) is 8.49. The average Bonchev–Trinajstić information content (AvgIpc) is 2.81. The maximum atomic E-state index is 13.2. The Kier molecular flexibility index (Phi) is 6.99. The Hall–Kier alpha value is -4.15. The molecule has 0 saturated heterocycles. The number of carbonyl (C=O) groups is 5. The number of nitrogens with one attached hydrogen (secondary N) is 2. The second kappa shape index (κ2) is 9.61. The van der Waals surface area contributed by atoms with E-state index in [1.54, 1.807) is 52.0 Å². The molecule has 35 heavy (non-hydrogen) atoms. The molecule has 0 atom stereocenters. The number of para-hydroxylation sites is 2. The Morgan fingerprint density at radius 2 is 1.49 bits per heavy atom. The number of rotatable bonds is 5. The molecule has 0 unspecified atom stereocenters. The summed E-state index contributed by atoms with van der Waals surface area (Å²) in [6.07, 6.45) is 0. The predicted octanol–water partition coefficient (Wildman–Crippen LogP) is 1.41. The maximum Gasteiger partial charge on any atom is 0.336 e. The van der Waals surface area contributed by atoms with Gasteiger partial charge in [0.25, 0.3) is 5.91 Å². The molecule has 2 N–H and O–H groups in total. The lowest BCUT2D eigenvalue weighted by atomic mass is 9.85. The molecule has 2 amide bonds. The van der Waals surface area contributed by atoms with Crippen LogP contribution in [0.1, 0.15) is 27.7 Å². The number of esters is 3. The van der Waals surface area contributed by atoms with E-state index in [1.807, 2.05) is 0 Å². The van der Waals surface area contributed by atoms with Crippen molar-refractivity contribution in [2.45, 2.75) is 33.2 Å². The summed E-state index contributed by atoms with van der Waals surface area (Å²) >= 11 is 0. The van der Waals surface area contributed by atoms with Gasteiger partial charge in [-0.2, -0.15) is 0 Å². The van der Waals surface area contributed by atoms with Crippen molar-refractivity contribution in [1.82, 2.24) is 5.32 Å². The third kappa shape index (κ3) is 4.48. The van der Waals surface area contributed by atoms with Crippen LogP contribution in [0.25, 0.3) is 0 Å². The molecular formula is C24H27N3O8. The molecule has 0 radical (unpaired) electrons. The molecule has 11 nitrogen and oxygen atoms in total. The van der Waals surface area contributed by atoms with Gasteiger partial charge in [0.1, 0.15) is 11.5 Å². The predicted molar refractivity (Wildman–Crippen MR) is 124 cm³/mol. The highest BCUT2D eigenvalue weighted by Crippen LogP contribution is 2.37. The summed E-state index contributed by atoms with van der Waals surface area (Å²) in [6, 6.07) is 6.73. The van der Waals surface area contributed by atoms with Crippen LogP contribution in [0.3, 0.4) is 0 Å². The van der Waals surface area contributed by atoms with Gasteiger partial charge in [0, 0.05) is 11.4 Å². The number of dihydropyridines is 1. The zero-order valence-electron chi connectivity index (χ0n) is 20.3. The first-order valence-corrected chi connectivity index (χ1v) is 10.7. The largest absolute Gasteiger partial charge is 0.466 e. The third-order valence-electron chi connectivity index (χ3n) is 5.90. The van der Waals surface area contributed by atoms with E-state index >= 15 is 0 Å². The fraction of sp³-hybridized carbons (Fsp3) is 0.375. The minimum absolute atomic E-state index is 0.140. The summed E-state index contributed by atoms with van der Waals surface area (Å²) in [6.45, 7) is 5.47. The number of anilines is 2. The number of amides is 2. The number of methoxy groups -OCH3 is 2. The second-order valence-corrected chi connectivity index (χ2v) is 8.49. The van der Waals surface area contributed by atoms with Gasteiger partial charge in [0.05, 0.1) is 36.7 Å². The van der Waals surface area contributed by atoms with Crippen molar-refractivity contribution in [3.8, 4) is 0 Å². The standard InChI is InChI=1S/C24H27N3O8/c1-12-17(20(29)33-5)19(18(13(2)25-12)21(30)34-6)22(31)35-11-16(28)27-15-10-8-7-9-14(15)26-23(32)24(27,3)4/h7-10,19,25H,11H2,1-6H3,(H,26,32). The van der Waals surface area contributed by atoms with E-state index in [0.717, 1.165) is 14.2 Å². The molecule has 3 rings (SSSR count). The molecule has 0 spiro atoms. The van der Waals surface area contributed by atoms with Gasteiger partial charge < -0.3 is 24.8 Å². The Morgan fingerprint density at radius 1 is 0.943 bits per heavy atom. The Morgan fingerprint density at radius 3 is 2.03 bits per heavy atom. The first-order valence-electron chi connectivity index (χ1n) is 10.7. The molecule has 2 aliphatic rings. The number of carbonyl (C=O) groups excluding carboxylic acids is 5. The van der Waals surface area contributed by atoms with Crippen molar-refractivity contribution in [2.75, 3.05) is 31.0 Å². The van der Waals surface area contributed by atoms with Crippen LogP contribution in [0.5, 0.6) is 0 Å². The Bertz CT molecular complexity index is 1140. The molecule has 11 heteroatoms. The van der Waals surface area contributed by atoms with Crippen LogP contribution in [0, 0.1) is 5.92 Å². The molecular weight excluding hydrogens is 458 g/mol. The number of nitrogens with zero attached hydrogens (tertiary/aromatic N) is 1. The van der Waals surface area contributed by atoms with E-state index in [2.05, 4.69) is 10.6 Å². The van der Waals surface area contributed by atoms with E-state index in [4.69, 9.17) is 14.2 Å². The molecule has 2 aliphatic heterocycles. The van der Waals surface area contributed by atoms with Crippen LogP contribution < -0.4 is 15.5 Å². The van der Waals surface area contributed by atoms with Crippen molar-refractivity contribution in [2.24, 2.45) is 5.92 Å². The third-order valence-corrected chi connectivity index (χ3v) is 5.90. The zero-order valence-corrected chi connectivity index (χ0v) is 20.3.